The Hall–Kier alpha value is -2.93. The van der Waals surface area contributed by atoms with Crippen LogP contribution in [0.2, 0.25) is 0 Å². The van der Waals surface area contributed by atoms with E-state index in [1.54, 1.807) is 11.0 Å². The number of likely N-dealkylation sites (N-methyl/N-ethyl adjacent to an activating group) is 1. The normalized spacial score (nSPS) is 12.2. The van der Waals surface area contributed by atoms with Crippen LogP contribution in [0.15, 0.2) is 47.8 Å². The van der Waals surface area contributed by atoms with E-state index in [-0.39, 0.29) is 24.9 Å². The third-order valence-electron chi connectivity index (χ3n) is 4.50. The van der Waals surface area contributed by atoms with Gasteiger partial charge in [-0.25, -0.2) is 9.37 Å². The average molecular weight is 398 g/mol. The highest BCUT2D eigenvalue weighted by Gasteiger charge is 2.18. The SMILES string of the molecule is CCN(Cc1ccc2c(c1)OCO2)C(=O)Cc1csc(-c2cccc(F)c2)n1. The number of carbonyl (C=O) groups is 1. The molecule has 2 aromatic carbocycles. The average Bonchev–Trinajstić information content (AvgIpc) is 3.35. The second-order valence-corrected chi connectivity index (χ2v) is 7.28. The molecule has 144 valence electrons. The zero-order valence-corrected chi connectivity index (χ0v) is 16.2. The van der Waals surface area contributed by atoms with Crippen molar-refractivity contribution < 1.29 is 18.7 Å². The molecule has 0 unspecified atom stereocenters. The number of fused-ring (bicyclic) bond motifs is 1. The van der Waals surface area contributed by atoms with Gasteiger partial charge in [0.25, 0.3) is 0 Å². The maximum Gasteiger partial charge on any atom is 0.231 e. The fourth-order valence-corrected chi connectivity index (χ4v) is 3.86. The van der Waals surface area contributed by atoms with Gasteiger partial charge in [0.1, 0.15) is 10.8 Å². The Morgan fingerprint density at radius 3 is 2.89 bits per heavy atom. The maximum absolute atomic E-state index is 13.4. The molecule has 5 nitrogen and oxygen atoms in total. The first-order chi connectivity index (χ1) is 13.6. The summed E-state index contributed by atoms with van der Waals surface area (Å²) in [6.45, 7) is 3.26. The van der Waals surface area contributed by atoms with E-state index in [2.05, 4.69) is 4.98 Å². The van der Waals surface area contributed by atoms with Crippen molar-refractivity contribution in [2.75, 3.05) is 13.3 Å². The predicted molar refractivity (Wildman–Crippen MR) is 105 cm³/mol. The van der Waals surface area contributed by atoms with E-state index in [1.807, 2.05) is 36.6 Å². The summed E-state index contributed by atoms with van der Waals surface area (Å²) in [5.41, 5.74) is 2.40. The lowest BCUT2D eigenvalue weighted by molar-refractivity contribution is -0.130. The fourth-order valence-electron chi connectivity index (χ4n) is 3.05. The molecule has 0 spiro atoms. The van der Waals surface area contributed by atoms with Gasteiger partial charge in [-0.15, -0.1) is 11.3 Å². The van der Waals surface area contributed by atoms with Crippen molar-refractivity contribution in [2.24, 2.45) is 0 Å². The van der Waals surface area contributed by atoms with Gasteiger partial charge in [0.2, 0.25) is 12.7 Å². The molecule has 0 saturated carbocycles. The third kappa shape index (κ3) is 3.99. The largest absolute Gasteiger partial charge is 0.454 e. The summed E-state index contributed by atoms with van der Waals surface area (Å²) in [4.78, 5) is 19.0. The topological polar surface area (TPSA) is 51.7 Å². The number of halogens is 1. The minimum Gasteiger partial charge on any atom is -0.454 e. The molecule has 2 heterocycles. The zero-order valence-electron chi connectivity index (χ0n) is 15.4. The van der Waals surface area contributed by atoms with Gasteiger partial charge in [-0.05, 0) is 36.8 Å². The Kier molecular flexibility index (Phi) is 5.25. The van der Waals surface area contributed by atoms with Crippen molar-refractivity contribution in [2.45, 2.75) is 19.9 Å². The van der Waals surface area contributed by atoms with Crippen LogP contribution in [0.5, 0.6) is 11.5 Å². The molecule has 0 radical (unpaired) electrons. The summed E-state index contributed by atoms with van der Waals surface area (Å²) >= 11 is 1.41. The zero-order chi connectivity index (χ0) is 19.5. The predicted octanol–water partition coefficient (Wildman–Crippen LogP) is 4.27. The van der Waals surface area contributed by atoms with E-state index in [9.17, 15) is 9.18 Å². The van der Waals surface area contributed by atoms with Crippen LogP contribution in [0, 0.1) is 5.82 Å². The molecule has 7 heteroatoms. The molecular weight excluding hydrogens is 379 g/mol. The van der Waals surface area contributed by atoms with Crippen molar-refractivity contribution in [3.05, 3.63) is 64.9 Å². The van der Waals surface area contributed by atoms with E-state index in [0.29, 0.717) is 29.5 Å². The Bertz CT molecular complexity index is 1000. The highest BCUT2D eigenvalue weighted by atomic mass is 32.1. The summed E-state index contributed by atoms with van der Waals surface area (Å²) in [6.07, 6.45) is 0.213. The van der Waals surface area contributed by atoms with Gasteiger partial charge in [-0.1, -0.05) is 18.2 Å². The maximum atomic E-state index is 13.4. The molecule has 28 heavy (non-hydrogen) atoms. The van der Waals surface area contributed by atoms with Crippen LogP contribution in [-0.2, 0) is 17.8 Å². The summed E-state index contributed by atoms with van der Waals surface area (Å²) in [6, 6.07) is 12.0. The van der Waals surface area contributed by atoms with Crippen LogP contribution in [-0.4, -0.2) is 29.1 Å². The van der Waals surface area contributed by atoms with Crippen LogP contribution < -0.4 is 9.47 Å². The minimum atomic E-state index is -0.300. The summed E-state index contributed by atoms with van der Waals surface area (Å²) in [5, 5.41) is 2.56. The van der Waals surface area contributed by atoms with E-state index < -0.39 is 0 Å². The second-order valence-electron chi connectivity index (χ2n) is 6.43. The van der Waals surface area contributed by atoms with Gasteiger partial charge in [0.15, 0.2) is 11.5 Å². The number of aromatic nitrogens is 1. The first-order valence-corrected chi connectivity index (χ1v) is 9.87. The van der Waals surface area contributed by atoms with E-state index >= 15 is 0 Å². The molecule has 0 fully saturated rings. The van der Waals surface area contributed by atoms with Crippen molar-refractivity contribution in [3.63, 3.8) is 0 Å². The summed E-state index contributed by atoms with van der Waals surface area (Å²) < 4.78 is 24.1. The van der Waals surface area contributed by atoms with Crippen molar-refractivity contribution in [1.82, 2.24) is 9.88 Å². The van der Waals surface area contributed by atoms with Crippen LogP contribution >= 0.6 is 11.3 Å². The molecule has 1 aromatic heterocycles. The molecule has 0 N–H and O–H groups in total. The van der Waals surface area contributed by atoms with Crippen LogP contribution in [0.25, 0.3) is 10.6 Å². The van der Waals surface area contributed by atoms with Gasteiger partial charge in [0, 0.05) is 24.0 Å². The van der Waals surface area contributed by atoms with E-state index in [1.165, 1.54) is 23.5 Å². The van der Waals surface area contributed by atoms with Crippen LogP contribution in [0.4, 0.5) is 4.39 Å². The molecule has 0 bridgehead atoms. The molecule has 3 aromatic rings. The Balaban J connectivity index is 1.43. The van der Waals surface area contributed by atoms with E-state index in [0.717, 1.165) is 16.9 Å². The van der Waals surface area contributed by atoms with Gasteiger partial charge in [-0.3, -0.25) is 4.79 Å². The highest BCUT2D eigenvalue weighted by molar-refractivity contribution is 7.13. The van der Waals surface area contributed by atoms with E-state index in [4.69, 9.17) is 9.47 Å². The van der Waals surface area contributed by atoms with Gasteiger partial charge in [-0.2, -0.15) is 0 Å². The lowest BCUT2D eigenvalue weighted by Crippen LogP contribution is -2.31. The Labute approximate surface area is 166 Å². The molecule has 1 amide bonds. The number of hydrogen-bond acceptors (Lipinski definition) is 5. The minimum absolute atomic E-state index is 0.00346. The number of amides is 1. The number of hydrogen-bond donors (Lipinski definition) is 0. The van der Waals surface area contributed by atoms with Crippen molar-refractivity contribution in [1.29, 1.82) is 0 Å². The van der Waals surface area contributed by atoms with Crippen LogP contribution in [0.3, 0.4) is 0 Å². The standard InChI is InChI=1S/C21H19FN2O3S/c1-2-24(11-14-6-7-18-19(8-14)27-13-26-18)20(25)10-17-12-28-21(23-17)15-4-3-5-16(22)9-15/h3-9,12H,2,10-11,13H2,1H3. The number of rotatable bonds is 6. The first kappa shape index (κ1) is 18.4. The van der Waals surface area contributed by atoms with Gasteiger partial charge in [0.05, 0.1) is 12.1 Å². The van der Waals surface area contributed by atoms with Gasteiger partial charge < -0.3 is 14.4 Å². The van der Waals surface area contributed by atoms with Crippen molar-refractivity contribution in [3.8, 4) is 22.1 Å². The number of benzene rings is 2. The van der Waals surface area contributed by atoms with Crippen molar-refractivity contribution >= 4 is 17.2 Å². The monoisotopic (exact) mass is 398 g/mol. The first-order valence-electron chi connectivity index (χ1n) is 8.99. The fraction of sp³-hybridized carbons (Fsp3) is 0.238. The Morgan fingerprint density at radius 2 is 2.07 bits per heavy atom. The molecular formula is C21H19FN2O3S. The second kappa shape index (κ2) is 7.98. The molecule has 4 rings (SSSR count). The molecule has 1 aliphatic heterocycles. The molecule has 0 atom stereocenters. The lowest BCUT2D eigenvalue weighted by atomic mass is 10.1. The number of thiazole rings is 1. The molecule has 1 aliphatic rings. The highest BCUT2D eigenvalue weighted by Crippen LogP contribution is 2.33. The van der Waals surface area contributed by atoms with Crippen LogP contribution in [0.1, 0.15) is 18.2 Å². The quantitative estimate of drug-likeness (QED) is 0.622. The number of nitrogens with zero attached hydrogens (tertiary/aromatic N) is 2. The number of ether oxygens (including phenoxy) is 2. The summed E-state index contributed by atoms with van der Waals surface area (Å²) in [5.74, 6) is 1.13. The smallest absolute Gasteiger partial charge is 0.231 e. The molecule has 0 aliphatic carbocycles. The Morgan fingerprint density at radius 1 is 1.21 bits per heavy atom. The van der Waals surface area contributed by atoms with Gasteiger partial charge >= 0.3 is 0 Å². The third-order valence-corrected chi connectivity index (χ3v) is 5.44. The number of carbonyl (C=O) groups excluding carboxylic acids is 1. The molecule has 0 saturated heterocycles. The summed E-state index contributed by atoms with van der Waals surface area (Å²) in [7, 11) is 0. The lowest BCUT2D eigenvalue weighted by Gasteiger charge is -2.20.